The number of hydrogen-bond donors (Lipinski definition) is 2. The summed E-state index contributed by atoms with van der Waals surface area (Å²) < 4.78 is 10.0. The molecular weight excluding hydrogens is 416 g/mol. The Bertz CT molecular complexity index is 817. The fraction of sp³-hybridized carbons (Fsp3) is 0.348. The van der Waals surface area contributed by atoms with Crippen LogP contribution in [0.15, 0.2) is 60.7 Å². The van der Waals surface area contributed by atoms with Crippen LogP contribution < -0.4 is 10.6 Å². The highest BCUT2D eigenvalue weighted by atomic mass is 32.2. The van der Waals surface area contributed by atoms with Crippen LogP contribution in [0.25, 0.3) is 0 Å². The molecular formula is C23H28N2O5S. The van der Waals surface area contributed by atoms with Crippen molar-refractivity contribution in [1.82, 2.24) is 10.6 Å². The highest BCUT2D eigenvalue weighted by molar-refractivity contribution is 7.98. The van der Waals surface area contributed by atoms with Gasteiger partial charge in [-0.05, 0) is 30.2 Å². The normalized spacial score (nSPS) is 11.3. The molecule has 7 nitrogen and oxygen atoms in total. The molecule has 0 heterocycles. The summed E-state index contributed by atoms with van der Waals surface area (Å²) in [4.78, 5) is 36.3. The number of carbonyl (C=O) groups excluding carboxylic acids is 3. The highest BCUT2D eigenvalue weighted by Gasteiger charge is 2.22. The standard InChI is InChI=1S/C23H28N2O5S/c1-2-29-21(26)15-24-22(27)20(13-14-31-17-19-11-7-4-8-12-19)25-23(28)30-16-18-9-5-3-6-10-18/h3-12,20H,2,13-17H2,1H3,(H,24,27)(H,25,28)/t20-/m1/s1. The molecule has 0 aliphatic carbocycles. The van der Waals surface area contributed by atoms with Crippen molar-refractivity contribution in [2.45, 2.75) is 31.7 Å². The lowest BCUT2D eigenvalue weighted by atomic mass is 10.2. The van der Waals surface area contributed by atoms with Gasteiger partial charge in [0.25, 0.3) is 0 Å². The Hall–Kier alpha value is -3.00. The van der Waals surface area contributed by atoms with Crippen molar-refractivity contribution in [3.63, 3.8) is 0 Å². The van der Waals surface area contributed by atoms with Crippen molar-refractivity contribution in [1.29, 1.82) is 0 Å². The van der Waals surface area contributed by atoms with E-state index in [-0.39, 0.29) is 19.8 Å². The van der Waals surface area contributed by atoms with Gasteiger partial charge in [-0.1, -0.05) is 60.7 Å². The molecule has 8 heteroatoms. The summed E-state index contributed by atoms with van der Waals surface area (Å²) in [6.45, 7) is 1.78. The molecule has 0 aliphatic heterocycles. The van der Waals surface area contributed by atoms with Gasteiger partial charge in [0, 0.05) is 5.75 Å². The lowest BCUT2D eigenvalue weighted by molar-refractivity contribution is -0.143. The summed E-state index contributed by atoms with van der Waals surface area (Å²) in [5.41, 5.74) is 2.03. The maximum atomic E-state index is 12.5. The summed E-state index contributed by atoms with van der Waals surface area (Å²) in [6, 6.07) is 18.4. The summed E-state index contributed by atoms with van der Waals surface area (Å²) >= 11 is 1.66. The molecule has 0 spiro atoms. The molecule has 1 atom stereocenters. The van der Waals surface area contributed by atoms with Gasteiger partial charge in [-0.25, -0.2) is 4.79 Å². The van der Waals surface area contributed by atoms with Gasteiger partial charge in [0.1, 0.15) is 19.2 Å². The maximum Gasteiger partial charge on any atom is 0.408 e. The molecule has 2 aromatic rings. The predicted octanol–water partition coefficient (Wildman–Crippen LogP) is 3.28. The number of hydrogen-bond acceptors (Lipinski definition) is 6. The Labute approximate surface area is 186 Å². The third-order valence-corrected chi connectivity index (χ3v) is 5.26. The average Bonchev–Trinajstić information content (AvgIpc) is 2.79. The van der Waals surface area contributed by atoms with Crippen molar-refractivity contribution < 1.29 is 23.9 Å². The summed E-state index contributed by atoms with van der Waals surface area (Å²) in [6.07, 6.45) is -0.291. The Kier molecular flexibility index (Phi) is 11.0. The molecule has 2 rings (SSSR count). The first kappa shape index (κ1) is 24.3. The van der Waals surface area contributed by atoms with Crippen LogP contribution in [-0.4, -0.2) is 42.9 Å². The fourth-order valence-electron chi connectivity index (χ4n) is 2.64. The van der Waals surface area contributed by atoms with Crippen LogP contribution in [0.4, 0.5) is 4.79 Å². The zero-order chi connectivity index (χ0) is 22.3. The number of thioether (sulfide) groups is 1. The number of carbonyl (C=O) groups is 3. The minimum atomic E-state index is -0.819. The molecule has 0 radical (unpaired) electrons. The van der Waals surface area contributed by atoms with Gasteiger partial charge in [0.05, 0.1) is 6.61 Å². The second-order valence-corrected chi connectivity index (χ2v) is 7.71. The monoisotopic (exact) mass is 444 g/mol. The average molecular weight is 445 g/mol. The van der Waals surface area contributed by atoms with E-state index in [2.05, 4.69) is 10.6 Å². The number of nitrogens with one attached hydrogen (secondary N) is 2. The third kappa shape index (κ3) is 10.0. The first-order chi connectivity index (χ1) is 15.1. The van der Waals surface area contributed by atoms with Gasteiger partial charge in [-0.15, -0.1) is 0 Å². The van der Waals surface area contributed by atoms with Gasteiger partial charge in [-0.2, -0.15) is 11.8 Å². The van der Waals surface area contributed by atoms with Gasteiger partial charge in [-0.3, -0.25) is 9.59 Å². The topological polar surface area (TPSA) is 93.7 Å². The van der Waals surface area contributed by atoms with E-state index in [1.807, 2.05) is 60.7 Å². The zero-order valence-corrected chi connectivity index (χ0v) is 18.4. The quantitative estimate of drug-likeness (QED) is 0.385. The first-order valence-corrected chi connectivity index (χ1v) is 11.3. The molecule has 0 bridgehead atoms. The van der Waals surface area contributed by atoms with Gasteiger partial charge in [0.15, 0.2) is 0 Å². The largest absolute Gasteiger partial charge is 0.465 e. The van der Waals surface area contributed by atoms with Crippen LogP contribution in [0.1, 0.15) is 24.5 Å². The maximum absolute atomic E-state index is 12.5. The van der Waals surface area contributed by atoms with Crippen molar-refractivity contribution in [2.75, 3.05) is 18.9 Å². The molecule has 0 saturated carbocycles. The lowest BCUT2D eigenvalue weighted by Crippen LogP contribution is -2.48. The van der Waals surface area contributed by atoms with E-state index < -0.39 is 24.0 Å². The van der Waals surface area contributed by atoms with E-state index in [1.165, 1.54) is 5.56 Å². The molecule has 0 unspecified atom stereocenters. The number of ether oxygens (including phenoxy) is 2. The first-order valence-electron chi connectivity index (χ1n) is 10.1. The summed E-state index contributed by atoms with van der Waals surface area (Å²) in [7, 11) is 0. The lowest BCUT2D eigenvalue weighted by Gasteiger charge is -2.18. The molecule has 0 aliphatic rings. The fourth-order valence-corrected chi connectivity index (χ4v) is 3.61. The van der Waals surface area contributed by atoms with Crippen LogP contribution in [0.3, 0.4) is 0 Å². The van der Waals surface area contributed by atoms with Gasteiger partial charge in [0.2, 0.25) is 5.91 Å². The van der Waals surface area contributed by atoms with Crippen LogP contribution in [-0.2, 0) is 31.4 Å². The van der Waals surface area contributed by atoms with Crippen molar-refractivity contribution >= 4 is 29.7 Å². The molecule has 0 fully saturated rings. The van der Waals surface area contributed by atoms with Gasteiger partial charge >= 0.3 is 12.1 Å². The Morgan fingerprint density at radius 2 is 1.58 bits per heavy atom. The minimum absolute atomic E-state index is 0.104. The number of benzene rings is 2. The second kappa shape index (κ2) is 14.1. The van der Waals surface area contributed by atoms with Gasteiger partial charge < -0.3 is 20.1 Å². The second-order valence-electron chi connectivity index (χ2n) is 6.61. The highest BCUT2D eigenvalue weighted by Crippen LogP contribution is 2.14. The number of amides is 2. The summed E-state index contributed by atoms with van der Waals surface area (Å²) in [5.74, 6) is 0.465. The number of alkyl carbamates (subject to hydrolysis) is 1. The van der Waals surface area contributed by atoms with Crippen molar-refractivity contribution in [3.8, 4) is 0 Å². The Morgan fingerprint density at radius 1 is 0.935 bits per heavy atom. The van der Waals surface area contributed by atoms with E-state index in [9.17, 15) is 14.4 Å². The zero-order valence-electron chi connectivity index (χ0n) is 17.5. The van der Waals surface area contributed by atoms with E-state index in [4.69, 9.17) is 9.47 Å². The molecule has 0 aromatic heterocycles. The predicted molar refractivity (Wildman–Crippen MR) is 120 cm³/mol. The molecule has 2 N–H and O–H groups in total. The molecule has 2 amide bonds. The SMILES string of the molecule is CCOC(=O)CNC(=O)[C@@H](CCSCc1ccccc1)NC(=O)OCc1ccccc1. The Balaban J connectivity index is 1.84. The minimum Gasteiger partial charge on any atom is -0.465 e. The van der Waals surface area contributed by atoms with E-state index in [1.54, 1.807) is 18.7 Å². The van der Waals surface area contributed by atoms with E-state index >= 15 is 0 Å². The van der Waals surface area contributed by atoms with Crippen LogP contribution in [0, 0.1) is 0 Å². The Morgan fingerprint density at radius 3 is 2.23 bits per heavy atom. The third-order valence-electron chi connectivity index (χ3n) is 4.20. The molecule has 166 valence electrons. The van der Waals surface area contributed by atoms with E-state index in [0.717, 1.165) is 11.3 Å². The molecule has 0 saturated heterocycles. The van der Waals surface area contributed by atoms with Crippen molar-refractivity contribution in [3.05, 3.63) is 71.8 Å². The van der Waals surface area contributed by atoms with Crippen LogP contribution in [0.2, 0.25) is 0 Å². The molecule has 2 aromatic carbocycles. The summed E-state index contributed by atoms with van der Waals surface area (Å²) in [5, 5.41) is 5.11. The van der Waals surface area contributed by atoms with Crippen LogP contribution in [0.5, 0.6) is 0 Å². The number of rotatable bonds is 12. The van der Waals surface area contributed by atoms with E-state index in [0.29, 0.717) is 12.2 Å². The number of esters is 1. The smallest absolute Gasteiger partial charge is 0.408 e. The van der Waals surface area contributed by atoms with Crippen LogP contribution >= 0.6 is 11.8 Å². The van der Waals surface area contributed by atoms with Crippen molar-refractivity contribution in [2.24, 2.45) is 0 Å². The molecule has 31 heavy (non-hydrogen) atoms.